The zero-order chi connectivity index (χ0) is 7.28. The van der Waals surface area contributed by atoms with E-state index in [1.165, 1.54) is 0 Å². The van der Waals surface area contributed by atoms with Crippen molar-refractivity contribution in [3.8, 4) is 0 Å². The molecule has 0 amide bonds. The van der Waals surface area contributed by atoms with Gasteiger partial charge in [-0.15, -0.1) is 0 Å². The van der Waals surface area contributed by atoms with E-state index in [9.17, 15) is 4.79 Å². The van der Waals surface area contributed by atoms with Gasteiger partial charge in [0.15, 0.2) is 0 Å². The van der Waals surface area contributed by atoms with Crippen molar-refractivity contribution in [3.63, 3.8) is 0 Å². The van der Waals surface area contributed by atoms with Crippen LogP contribution in [0.15, 0.2) is 0 Å². The first-order valence-electron chi connectivity index (χ1n) is 2.25. The molecule has 0 aliphatic heterocycles. The number of rotatable bonds is 2. The lowest BCUT2D eigenvalue weighted by atomic mass is 10.7. The largest absolute Gasteiger partial charge is 0.408 e. The normalized spacial score (nSPS) is 8.67. The average Bonchev–Trinajstić information content (AvgIpc) is 1.63. The van der Waals surface area contributed by atoms with Gasteiger partial charge in [0.05, 0.1) is 6.54 Å². The lowest BCUT2D eigenvalue weighted by Gasteiger charge is -1.97. The number of thiocarbonyl (C=S) groups is 1. The second kappa shape index (κ2) is 4.72. The van der Waals surface area contributed by atoms with Gasteiger partial charge in [-0.1, -0.05) is 12.6 Å². The highest BCUT2D eigenvalue weighted by Gasteiger charge is 2.00. The Morgan fingerprint density at radius 3 is 2.78 bits per heavy atom. The predicted molar refractivity (Wildman–Crippen MR) is 41.6 cm³/mol. The van der Waals surface area contributed by atoms with Crippen LogP contribution >= 0.6 is 24.8 Å². The van der Waals surface area contributed by atoms with Crippen LogP contribution in [0.4, 0.5) is 0 Å². The highest BCUT2D eigenvalue weighted by atomic mass is 32.1. The Bertz CT molecular complexity index is 126. The molecule has 0 bridgehead atoms. The summed E-state index contributed by atoms with van der Waals surface area (Å²) in [7, 11) is 1.64. The van der Waals surface area contributed by atoms with E-state index in [1.807, 2.05) is 0 Å². The van der Waals surface area contributed by atoms with Gasteiger partial charge < -0.3 is 10.1 Å². The van der Waals surface area contributed by atoms with Crippen molar-refractivity contribution in [3.05, 3.63) is 0 Å². The van der Waals surface area contributed by atoms with Gasteiger partial charge in [0.1, 0.15) is 0 Å². The fourth-order valence-corrected chi connectivity index (χ4v) is 0.473. The maximum absolute atomic E-state index is 10.4. The molecular weight excluding hydrogens is 158 g/mol. The lowest BCUT2D eigenvalue weighted by molar-refractivity contribution is -0.133. The zero-order valence-electron chi connectivity index (χ0n) is 4.88. The van der Waals surface area contributed by atoms with Gasteiger partial charge in [0, 0.05) is 0 Å². The average molecular weight is 165 g/mol. The third-order valence-corrected chi connectivity index (χ3v) is 0.697. The molecule has 0 saturated heterocycles. The van der Waals surface area contributed by atoms with E-state index in [0.29, 0.717) is 0 Å². The second-order valence-electron chi connectivity index (χ2n) is 1.27. The minimum Gasteiger partial charge on any atom is -0.408 e. The third kappa shape index (κ3) is 5.75. The second-order valence-corrected chi connectivity index (χ2v) is 2.35. The molecule has 0 heterocycles. The van der Waals surface area contributed by atoms with E-state index >= 15 is 0 Å². The molecule has 52 valence electrons. The summed E-state index contributed by atoms with van der Waals surface area (Å²) in [6, 6.07) is 0. The lowest BCUT2D eigenvalue weighted by Crippen LogP contribution is -2.21. The van der Waals surface area contributed by atoms with Crippen molar-refractivity contribution in [1.82, 2.24) is 5.32 Å². The number of esters is 1. The van der Waals surface area contributed by atoms with Crippen molar-refractivity contribution in [2.75, 3.05) is 13.6 Å². The van der Waals surface area contributed by atoms with Crippen molar-refractivity contribution < 1.29 is 9.53 Å². The summed E-state index contributed by atoms with van der Waals surface area (Å²) in [5, 5.41) is 2.60. The molecule has 5 heteroatoms. The van der Waals surface area contributed by atoms with Crippen LogP contribution in [0.25, 0.3) is 0 Å². The zero-order valence-corrected chi connectivity index (χ0v) is 6.59. The maximum atomic E-state index is 10.4. The standard InChI is InChI=1S/C4H7NO2S2/c1-5-2-3(6)7-4(8)9/h5H,2H2,1H3,(H,8,9). The first-order valence-corrected chi connectivity index (χ1v) is 3.10. The molecule has 0 spiro atoms. The van der Waals surface area contributed by atoms with Gasteiger partial charge in [-0.3, -0.25) is 4.79 Å². The molecule has 9 heavy (non-hydrogen) atoms. The van der Waals surface area contributed by atoms with Crippen LogP contribution < -0.4 is 5.32 Å². The number of carbonyl (C=O) groups excluding carboxylic acids is 1. The van der Waals surface area contributed by atoms with E-state index < -0.39 is 5.97 Å². The number of nitrogens with one attached hydrogen (secondary N) is 1. The van der Waals surface area contributed by atoms with Crippen LogP contribution in [0, 0.1) is 0 Å². The summed E-state index contributed by atoms with van der Waals surface area (Å²) < 4.78 is 4.34. The summed E-state index contributed by atoms with van der Waals surface area (Å²) in [5.74, 6) is -0.419. The van der Waals surface area contributed by atoms with Crippen LogP contribution in [0.3, 0.4) is 0 Å². The molecule has 3 nitrogen and oxygen atoms in total. The number of ether oxygens (including phenoxy) is 1. The van der Waals surface area contributed by atoms with Crippen LogP contribution in [-0.2, 0) is 9.53 Å². The summed E-state index contributed by atoms with van der Waals surface area (Å²) in [6.07, 6.45) is 0. The fourth-order valence-electron chi connectivity index (χ4n) is 0.278. The smallest absolute Gasteiger partial charge is 0.326 e. The molecule has 0 rings (SSSR count). The van der Waals surface area contributed by atoms with Gasteiger partial charge >= 0.3 is 5.97 Å². The van der Waals surface area contributed by atoms with Crippen molar-refractivity contribution in [1.29, 1.82) is 0 Å². The monoisotopic (exact) mass is 165 g/mol. The van der Waals surface area contributed by atoms with E-state index in [-0.39, 0.29) is 10.9 Å². The van der Waals surface area contributed by atoms with Crippen LogP contribution in [0.1, 0.15) is 0 Å². The van der Waals surface area contributed by atoms with Crippen molar-refractivity contribution in [2.45, 2.75) is 0 Å². The van der Waals surface area contributed by atoms with E-state index in [4.69, 9.17) is 0 Å². The number of thiol groups is 1. The molecule has 1 N–H and O–H groups in total. The van der Waals surface area contributed by atoms with Gasteiger partial charge in [-0.25, -0.2) is 0 Å². The van der Waals surface area contributed by atoms with Gasteiger partial charge in [0.25, 0.3) is 0 Å². The number of likely N-dealkylation sites (N-methyl/N-ethyl adjacent to an activating group) is 1. The molecular formula is C4H7NO2S2. The highest BCUT2D eigenvalue weighted by molar-refractivity contribution is 8.10. The molecule has 0 aliphatic rings. The third-order valence-electron chi connectivity index (χ3n) is 0.522. The van der Waals surface area contributed by atoms with Crippen LogP contribution in [-0.4, -0.2) is 23.9 Å². The molecule has 0 aromatic rings. The maximum Gasteiger partial charge on any atom is 0.326 e. The highest BCUT2D eigenvalue weighted by Crippen LogP contribution is 1.86. The number of hydrogen-bond acceptors (Lipinski definition) is 4. The summed E-state index contributed by atoms with van der Waals surface area (Å²) in [4.78, 5) is 10.4. The Balaban J connectivity index is 3.39. The van der Waals surface area contributed by atoms with Crippen LogP contribution in [0.5, 0.6) is 0 Å². The summed E-state index contributed by atoms with van der Waals surface area (Å²) in [6.45, 7) is 0.153. The predicted octanol–water partition coefficient (Wildman–Crippen LogP) is -0.0363. The van der Waals surface area contributed by atoms with Gasteiger partial charge in [0.2, 0.25) is 4.38 Å². The van der Waals surface area contributed by atoms with Gasteiger partial charge in [-0.05, 0) is 19.3 Å². The molecule has 0 radical (unpaired) electrons. The minimum atomic E-state index is -0.419. The molecule has 0 atom stereocenters. The van der Waals surface area contributed by atoms with Crippen LogP contribution in [0.2, 0.25) is 0 Å². The molecule has 0 aliphatic carbocycles. The van der Waals surface area contributed by atoms with Crippen molar-refractivity contribution >= 4 is 35.2 Å². The number of carbonyl (C=O) groups is 1. The topological polar surface area (TPSA) is 38.3 Å². The Morgan fingerprint density at radius 2 is 2.44 bits per heavy atom. The van der Waals surface area contributed by atoms with E-state index in [2.05, 4.69) is 34.9 Å². The molecule has 0 aromatic carbocycles. The van der Waals surface area contributed by atoms with E-state index in [1.54, 1.807) is 7.05 Å². The SMILES string of the molecule is CNCC(=O)OC(=S)S. The molecule has 0 fully saturated rings. The molecule has 0 aromatic heterocycles. The molecule has 0 unspecified atom stereocenters. The first-order chi connectivity index (χ1) is 4.16. The fraction of sp³-hybridized carbons (Fsp3) is 0.500. The quantitative estimate of drug-likeness (QED) is 0.342. The Hall–Kier alpha value is -0.130. The van der Waals surface area contributed by atoms with Crippen molar-refractivity contribution in [2.24, 2.45) is 0 Å². The van der Waals surface area contributed by atoms with Gasteiger partial charge in [-0.2, -0.15) is 0 Å². The summed E-state index contributed by atoms with van der Waals surface area (Å²) >= 11 is 7.97. The van der Waals surface area contributed by atoms with E-state index in [0.717, 1.165) is 0 Å². The Labute approximate surface area is 64.2 Å². The minimum absolute atomic E-state index is 0.0461. The Morgan fingerprint density at radius 1 is 1.89 bits per heavy atom. The molecule has 0 saturated carbocycles. The first kappa shape index (κ1) is 8.87. The summed E-state index contributed by atoms with van der Waals surface area (Å²) in [5.41, 5.74) is 0. The Kier molecular flexibility index (Phi) is 4.65. The number of hydrogen-bond donors (Lipinski definition) is 2.